The van der Waals surface area contributed by atoms with Crippen LogP contribution in [0.3, 0.4) is 0 Å². The van der Waals surface area contributed by atoms with E-state index in [9.17, 15) is 19.2 Å². The molecular weight excluding hydrogens is 496 g/mol. The van der Waals surface area contributed by atoms with E-state index in [1.807, 2.05) is 76.2 Å². The molecule has 0 aliphatic rings. The summed E-state index contributed by atoms with van der Waals surface area (Å²) >= 11 is 0. The van der Waals surface area contributed by atoms with Crippen molar-refractivity contribution >= 4 is 23.8 Å². The molecule has 3 unspecified atom stereocenters. The number of primary amides is 1. The van der Waals surface area contributed by atoms with Crippen LogP contribution >= 0.6 is 0 Å². The van der Waals surface area contributed by atoms with Crippen molar-refractivity contribution < 1.29 is 23.9 Å². The molecule has 2 aromatic carbocycles. The van der Waals surface area contributed by atoms with Crippen molar-refractivity contribution in [1.29, 1.82) is 0 Å². The summed E-state index contributed by atoms with van der Waals surface area (Å²) in [6.07, 6.45) is -0.784. The molecule has 2 aromatic rings. The minimum atomic E-state index is -1.32. The summed E-state index contributed by atoms with van der Waals surface area (Å²) in [4.78, 5) is 54.1. The number of carbonyl (C=O) groups excluding carboxylic acids is 4. The number of hydrogen-bond acceptors (Lipinski definition) is 5. The van der Waals surface area contributed by atoms with Gasteiger partial charge in [-0.3, -0.25) is 14.4 Å². The topological polar surface area (TPSA) is 131 Å². The lowest BCUT2D eigenvalue weighted by Gasteiger charge is -2.39. The van der Waals surface area contributed by atoms with E-state index < -0.39 is 48.1 Å². The number of amides is 4. The van der Waals surface area contributed by atoms with Crippen molar-refractivity contribution in [2.45, 2.75) is 91.6 Å². The van der Waals surface area contributed by atoms with Crippen molar-refractivity contribution in [3.63, 3.8) is 0 Å². The largest absolute Gasteiger partial charge is 0.444 e. The summed E-state index contributed by atoms with van der Waals surface area (Å²) in [7, 11) is 0. The van der Waals surface area contributed by atoms with Crippen molar-refractivity contribution in [3.8, 4) is 0 Å². The second-order valence-corrected chi connectivity index (χ2v) is 10.8. The molecule has 0 radical (unpaired) electrons. The Morgan fingerprint density at radius 2 is 1.56 bits per heavy atom. The van der Waals surface area contributed by atoms with E-state index in [0.717, 1.165) is 16.7 Å². The number of hydrogen-bond donors (Lipinski definition) is 3. The van der Waals surface area contributed by atoms with Gasteiger partial charge in [-0.25, -0.2) is 4.79 Å². The molecule has 0 aliphatic heterocycles. The van der Waals surface area contributed by atoms with Crippen molar-refractivity contribution in [2.75, 3.05) is 0 Å². The van der Waals surface area contributed by atoms with Crippen LogP contribution in [0.4, 0.5) is 4.79 Å². The molecule has 4 N–H and O–H groups in total. The van der Waals surface area contributed by atoms with E-state index in [1.54, 1.807) is 20.8 Å². The van der Waals surface area contributed by atoms with Crippen LogP contribution in [0.5, 0.6) is 0 Å². The number of aryl methyl sites for hydroxylation is 2. The smallest absolute Gasteiger partial charge is 0.408 e. The molecule has 0 saturated carbocycles. The van der Waals surface area contributed by atoms with Crippen LogP contribution in [0, 0.1) is 13.8 Å². The van der Waals surface area contributed by atoms with E-state index in [-0.39, 0.29) is 12.5 Å². The Kier molecular flexibility index (Phi) is 11.1. The van der Waals surface area contributed by atoms with Gasteiger partial charge >= 0.3 is 6.09 Å². The Hall–Kier alpha value is -3.88. The van der Waals surface area contributed by atoms with Gasteiger partial charge in [0.15, 0.2) is 0 Å². The summed E-state index contributed by atoms with van der Waals surface area (Å²) in [6.45, 7) is 12.9. The fourth-order valence-electron chi connectivity index (χ4n) is 4.36. The van der Waals surface area contributed by atoms with E-state index in [2.05, 4.69) is 10.6 Å². The van der Waals surface area contributed by atoms with Gasteiger partial charge in [0.25, 0.3) is 0 Å². The lowest BCUT2D eigenvalue weighted by molar-refractivity contribution is -0.146. The number of benzene rings is 2. The lowest BCUT2D eigenvalue weighted by atomic mass is 9.92. The molecule has 9 heteroatoms. The second-order valence-electron chi connectivity index (χ2n) is 10.8. The molecule has 4 amide bonds. The number of rotatable bonds is 11. The molecule has 39 heavy (non-hydrogen) atoms. The molecule has 0 aliphatic carbocycles. The monoisotopic (exact) mass is 538 g/mol. The molecule has 0 bridgehead atoms. The summed E-state index contributed by atoms with van der Waals surface area (Å²) in [6, 6.07) is 12.4. The number of carbonyl (C=O) groups is 4. The first kappa shape index (κ1) is 31.3. The first-order chi connectivity index (χ1) is 18.2. The maximum atomic E-state index is 14.2. The summed E-state index contributed by atoms with van der Waals surface area (Å²) in [5, 5.41) is 5.49. The summed E-state index contributed by atoms with van der Waals surface area (Å²) < 4.78 is 5.33. The van der Waals surface area contributed by atoms with Gasteiger partial charge in [0.2, 0.25) is 17.7 Å². The highest BCUT2D eigenvalue weighted by Gasteiger charge is 2.40. The lowest BCUT2D eigenvalue weighted by Crippen LogP contribution is -2.56. The molecule has 0 saturated heterocycles. The number of nitrogens with two attached hydrogens (primary N) is 1. The number of alkyl carbamates (subject to hydrolysis) is 1. The van der Waals surface area contributed by atoms with Crippen LogP contribution in [0.15, 0.2) is 48.5 Å². The normalized spacial score (nSPS) is 13.5. The highest BCUT2D eigenvalue weighted by atomic mass is 16.6. The van der Waals surface area contributed by atoms with Crippen LogP contribution in [0.25, 0.3) is 0 Å². The van der Waals surface area contributed by atoms with Crippen LogP contribution < -0.4 is 16.4 Å². The van der Waals surface area contributed by atoms with Gasteiger partial charge in [0.05, 0.1) is 6.42 Å². The Morgan fingerprint density at radius 1 is 0.974 bits per heavy atom. The highest BCUT2D eigenvalue weighted by Crippen LogP contribution is 2.31. The van der Waals surface area contributed by atoms with Gasteiger partial charge in [-0.1, -0.05) is 55.5 Å². The van der Waals surface area contributed by atoms with Crippen LogP contribution in [0.1, 0.15) is 75.8 Å². The molecule has 3 atom stereocenters. The molecule has 0 spiro atoms. The zero-order valence-corrected chi connectivity index (χ0v) is 24.0. The predicted molar refractivity (Wildman–Crippen MR) is 151 cm³/mol. The maximum absolute atomic E-state index is 14.2. The standard InChI is InChI=1S/C30H42N4O5/c1-8-21(4)34(28(37)23(17-24(31)35)33-29(38)39-30(5,6)7)26(25-19(2)13-12-14-20(25)3)27(36)32-18-22-15-10-9-11-16-22/h9-16,21,23,26H,8,17-18H2,1-7H3,(H2,31,35)(H,32,36)(H,33,38). The first-order valence-corrected chi connectivity index (χ1v) is 13.2. The average Bonchev–Trinajstić information content (AvgIpc) is 2.84. The van der Waals surface area contributed by atoms with Gasteiger partial charge in [-0.2, -0.15) is 0 Å². The third-order valence-electron chi connectivity index (χ3n) is 6.37. The molecule has 0 heterocycles. The molecule has 212 valence electrons. The van der Waals surface area contributed by atoms with Gasteiger partial charge in [-0.05, 0) is 70.2 Å². The van der Waals surface area contributed by atoms with Gasteiger partial charge in [-0.15, -0.1) is 0 Å². The predicted octanol–water partition coefficient (Wildman–Crippen LogP) is 4.06. The number of nitrogens with one attached hydrogen (secondary N) is 2. The molecule has 0 fully saturated rings. The SMILES string of the molecule is CCC(C)N(C(=O)C(CC(N)=O)NC(=O)OC(C)(C)C)C(C(=O)NCc1ccccc1)c1c(C)cccc1C. The minimum Gasteiger partial charge on any atom is -0.444 e. The zero-order valence-electron chi connectivity index (χ0n) is 24.0. The van der Waals surface area contributed by atoms with Gasteiger partial charge < -0.3 is 26.0 Å². The van der Waals surface area contributed by atoms with Crippen molar-refractivity contribution in [3.05, 3.63) is 70.8 Å². The quantitative estimate of drug-likeness (QED) is 0.397. The number of nitrogens with zero attached hydrogens (tertiary/aromatic N) is 1. The molecule has 0 aromatic heterocycles. The van der Waals surface area contributed by atoms with Crippen molar-refractivity contribution in [1.82, 2.24) is 15.5 Å². The third kappa shape index (κ3) is 9.12. The Bertz CT molecular complexity index is 1140. The molecule has 2 rings (SSSR count). The van der Waals surface area contributed by atoms with E-state index >= 15 is 0 Å². The van der Waals surface area contributed by atoms with E-state index in [4.69, 9.17) is 10.5 Å². The van der Waals surface area contributed by atoms with Crippen LogP contribution in [-0.2, 0) is 25.7 Å². The Morgan fingerprint density at radius 3 is 2.08 bits per heavy atom. The van der Waals surface area contributed by atoms with E-state index in [1.165, 1.54) is 4.90 Å². The Labute approximate surface area is 231 Å². The molecular formula is C30H42N4O5. The highest BCUT2D eigenvalue weighted by molar-refractivity contribution is 5.95. The summed E-state index contributed by atoms with van der Waals surface area (Å²) in [5.41, 5.74) is 7.91. The van der Waals surface area contributed by atoms with Gasteiger partial charge in [0.1, 0.15) is 17.7 Å². The zero-order chi connectivity index (χ0) is 29.3. The van der Waals surface area contributed by atoms with Crippen molar-refractivity contribution in [2.24, 2.45) is 5.73 Å². The Balaban J connectivity index is 2.57. The third-order valence-corrected chi connectivity index (χ3v) is 6.37. The minimum absolute atomic E-state index is 0.268. The van der Waals surface area contributed by atoms with Gasteiger partial charge in [0, 0.05) is 12.6 Å². The van der Waals surface area contributed by atoms with Crippen LogP contribution in [0.2, 0.25) is 0 Å². The van der Waals surface area contributed by atoms with E-state index in [0.29, 0.717) is 12.0 Å². The summed E-state index contributed by atoms with van der Waals surface area (Å²) in [5.74, 6) is -1.75. The van der Waals surface area contributed by atoms with Crippen LogP contribution in [-0.4, -0.2) is 46.4 Å². The maximum Gasteiger partial charge on any atom is 0.408 e. The average molecular weight is 539 g/mol. The second kappa shape index (κ2) is 13.8. The molecule has 9 nitrogen and oxygen atoms in total. The first-order valence-electron chi connectivity index (χ1n) is 13.2. The fourth-order valence-corrected chi connectivity index (χ4v) is 4.36. The number of ether oxygens (including phenoxy) is 1. The fraction of sp³-hybridized carbons (Fsp3) is 0.467.